The van der Waals surface area contributed by atoms with Crippen molar-refractivity contribution in [3.63, 3.8) is 0 Å². The predicted octanol–water partition coefficient (Wildman–Crippen LogP) is 4.02. The number of nitrogens with one attached hydrogen (secondary N) is 1. The van der Waals surface area contributed by atoms with Crippen molar-refractivity contribution >= 4 is 11.9 Å². The normalized spacial score (nSPS) is 15.2. The number of alkyl halides is 3. The fourth-order valence-electron chi connectivity index (χ4n) is 3.28. The Morgan fingerprint density at radius 1 is 1.13 bits per heavy atom. The molecule has 1 fully saturated rings. The minimum Gasteiger partial charge on any atom is -0.478 e. The van der Waals surface area contributed by atoms with E-state index in [9.17, 15) is 22.8 Å². The number of nitrogens with zero attached hydrogens (tertiary/aromatic N) is 1. The largest absolute Gasteiger partial charge is 0.478 e. The number of benzene rings is 1. The Labute approximate surface area is 180 Å². The van der Waals surface area contributed by atoms with Gasteiger partial charge in [-0.1, -0.05) is 32.0 Å². The maximum Gasteiger partial charge on any atom is 0.416 e. The highest BCUT2D eigenvalue weighted by atomic mass is 19.4. The van der Waals surface area contributed by atoms with E-state index in [1.165, 1.54) is 12.1 Å². The number of piperidine rings is 1. The quantitative estimate of drug-likeness (QED) is 0.525. The van der Waals surface area contributed by atoms with Crippen LogP contribution in [-0.4, -0.2) is 52.7 Å². The summed E-state index contributed by atoms with van der Waals surface area (Å²) in [4.78, 5) is 21.4. The Kier molecular flexibility index (Phi) is 11.3. The topological polar surface area (TPSA) is 89.9 Å². The summed E-state index contributed by atoms with van der Waals surface area (Å²) < 4.78 is 39.7. The minimum atomic E-state index is -4.28. The van der Waals surface area contributed by atoms with Gasteiger partial charge < -0.3 is 15.5 Å². The molecule has 31 heavy (non-hydrogen) atoms. The summed E-state index contributed by atoms with van der Waals surface area (Å²) in [6.07, 6.45) is -0.143. The Balaban J connectivity index is 0.000000512. The average molecular weight is 444 g/mol. The smallest absolute Gasteiger partial charge is 0.416 e. The lowest BCUT2D eigenvalue weighted by Crippen LogP contribution is -2.43. The number of halogens is 3. The molecule has 0 bridgehead atoms. The van der Waals surface area contributed by atoms with E-state index >= 15 is 0 Å². The van der Waals surface area contributed by atoms with Crippen molar-refractivity contribution in [2.45, 2.75) is 51.9 Å². The molecule has 0 saturated carbocycles. The molecule has 1 aromatic carbocycles. The highest BCUT2D eigenvalue weighted by Crippen LogP contribution is 2.33. The van der Waals surface area contributed by atoms with E-state index < -0.39 is 23.7 Å². The van der Waals surface area contributed by atoms with Crippen LogP contribution in [0.5, 0.6) is 0 Å². The number of carboxylic acids is 2. The lowest BCUT2D eigenvalue weighted by atomic mass is 10.00. The molecule has 0 spiro atoms. The van der Waals surface area contributed by atoms with Gasteiger partial charge in [-0.15, -0.1) is 0 Å². The molecule has 0 aliphatic carbocycles. The van der Waals surface area contributed by atoms with E-state index in [1.54, 1.807) is 12.1 Å². The van der Waals surface area contributed by atoms with Gasteiger partial charge >= 0.3 is 18.1 Å². The van der Waals surface area contributed by atoms with Gasteiger partial charge in [0.15, 0.2) is 0 Å². The summed E-state index contributed by atoms with van der Waals surface area (Å²) in [6, 6.07) is 6.35. The van der Waals surface area contributed by atoms with Crippen LogP contribution in [0.4, 0.5) is 13.2 Å². The van der Waals surface area contributed by atoms with Crippen LogP contribution in [0.25, 0.3) is 0 Å². The van der Waals surface area contributed by atoms with E-state index in [1.807, 2.05) is 0 Å². The van der Waals surface area contributed by atoms with Gasteiger partial charge in [0.05, 0.1) is 5.56 Å². The molecule has 0 unspecified atom stereocenters. The number of hydrogen-bond acceptors (Lipinski definition) is 4. The van der Waals surface area contributed by atoms with Gasteiger partial charge in [-0.05, 0) is 56.4 Å². The van der Waals surface area contributed by atoms with E-state index in [0.717, 1.165) is 38.9 Å². The van der Waals surface area contributed by atoms with Crippen molar-refractivity contribution < 1.29 is 33.0 Å². The van der Waals surface area contributed by atoms with E-state index in [0.29, 0.717) is 36.2 Å². The third-order valence-electron chi connectivity index (χ3n) is 4.88. The lowest BCUT2D eigenvalue weighted by molar-refractivity contribution is -0.138. The number of carboxylic acid groups (broad SMARTS) is 2. The second-order valence-corrected chi connectivity index (χ2v) is 7.80. The summed E-state index contributed by atoms with van der Waals surface area (Å²) >= 11 is 0. The van der Waals surface area contributed by atoms with Gasteiger partial charge in [-0.25, -0.2) is 9.59 Å². The first-order chi connectivity index (χ1) is 14.5. The molecule has 9 heteroatoms. The Bertz CT molecular complexity index is 714. The van der Waals surface area contributed by atoms with Crippen molar-refractivity contribution in [3.05, 3.63) is 47.5 Å². The van der Waals surface area contributed by atoms with Crippen LogP contribution in [0.15, 0.2) is 36.4 Å². The highest BCUT2D eigenvalue weighted by Gasteiger charge is 2.33. The van der Waals surface area contributed by atoms with Crippen molar-refractivity contribution in [3.8, 4) is 0 Å². The summed E-state index contributed by atoms with van der Waals surface area (Å²) in [7, 11) is 0. The molecule has 1 heterocycles. The van der Waals surface area contributed by atoms with Crippen LogP contribution in [-0.2, 0) is 22.3 Å². The molecule has 3 N–H and O–H groups in total. The van der Waals surface area contributed by atoms with Crippen molar-refractivity contribution in [2.24, 2.45) is 5.92 Å². The van der Waals surface area contributed by atoms with Crippen molar-refractivity contribution in [1.82, 2.24) is 10.2 Å². The fourth-order valence-corrected chi connectivity index (χ4v) is 3.28. The SMILES string of the molecule is CC(C)CCN(Cc1ccccc1C(F)(F)F)C1CCNCC1.O=C(O)/C=C/C(=O)O. The van der Waals surface area contributed by atoms with Crippen molar-refractivity contribution in [1.29, 1.82) is 0 Å². The second kappa shape index (κ2) is 13.1. The molecular weight excluding hydrogens is 413 g/mol. The Morgan fingerprint density at radius 3 is 2.16 bits per heavy atom. The zero-order chi connectivity index (χ0) is 23.4. The molecule has 1 aromatic rings. The maximum absolute atomic E-state index is 13.2. The average Bonchev–Trinajstić information content (AvgIpc) is 2.70. The molecule has 6 nitrogen and oxygen atoms in total. The lowest BCUT2D eigenvalue weighted by Gasteiger charge is -2.35. The predicted molar refractivity (Wildman–Crippen MR) is 112 cm³/mol. The molecule has 0 amide bonds. The van der Waals surface area contributed by atoms with E-state index in [-0.39, 0.29) is 0 Å². The third kappa shape index (κ3) is 11.0. The van der Waals surface area contributed by atoms with Crippen LogP contribution in [0.1, 0.15) is 44.2 Å². The molecule has 0 radical (unpaired) electrons. The molecule has 1 aliphatic rings. The van der Waals surface area contributed by atoms with E-state index in [2.05, 4.69) is 24.1 Å². The molecule has 0 aromatic heterocycles. The van der Waals surface area contributed by atoms with Gasteiger partial charge in [0.2, 0.25) is 0 Å². The highest BCUT2D eigenvalue weighted by molar-refractivity contribution is 5.89. The molecule has 1 saturated heterocycles. The first-order valence-corrected chi connectivity index (χ1v) is 10.2. The maximum atomic E-state index is 13.2. The standard InChI is InChI=1S/C18H27F3N2.C4H4O4/c1-14(2)9-12-23(16-7-10-22-11-8-16)13-15-5-3-4-6-17(15)18(19,20)21;5-3(6)1-2-4(7)8/h3-6,14,16,22H,7-13H2,1-2H3;1-2H,(H,5,6)(H,7,8)/b;2-1+. The molecular formula is C22H31F3N2O4. The number of rotatable bonds is 8. The molecule has 1 aliphatic heterocycles. The van der Waals surface area contributed by atoms with Crippen LogP contribution in [0.2, 0.25) is 0 Å². The Hall–Kier alpha value is -2.39. The van der Waals surface area contributed by atoms with Crippen LogP contribution in [0.3, 0.4) is 0 Å². The number of hydrogen-bond donors (Lipinski definition) is 3. The third-order valence-corrected chi connectivity index (χ3v) is 4.88. The fraction of sp³-hybridized carbons (Fsp3) is 0.545. The first-order valence-electron chi connectivity index (χ1n) is 10.2. The zero-order valence-corrected chi connectivity index (χ0v) is 17.9. The summed E-state index contributed by atoms with van der Waals surface area (Å²) in [6.45, 7) is 7.45. The van der Waals surface area contributed by atoms with Gasteiger partial charge in [-0.3, -0.25) is 4.90 Å². The van der Waals surface area contributed by atoms with Gasteiger partial charge in [0.1, 0.15) is 0 Å². The van der Waals surface area contributed by atoms with Crippen LogP contribution in [0, 0.1) is 5.92 Å². The molecule has 2 rings (SSSR count). The van der Waals surface area contributed by atoms with Crippen molar-refractivity contribution in [2.75, 3.05) is 19.6 Å². The zero-order valence-electron chi connectivity index (χ0n) is 17.9. The first kappa shape index (κ1) is 26.6. The molecule has 0 atom stereocenters. The van der Waals surface area contributed by atoms with Crippen LogP contribution < -0.4 is 5.32 Å². The monoisotopic (exact) mass is 444 g/mol. The van der Waals surface area contributed by atoms with Gasteiger partial charge in [0.25, 0.3) is 0 Å². The number of carbonyl (C=O) groups is 2. The van der Waals surface area contributed by atoms with Gasteiger partial charge in [0, 0.05) is 24.7 Å². The summed E-state index contributed by atoms with van der Waals surface area (Å²) in [5.41, 5.74) is -0.106. The summed E-state index contributed by atoms with van der Waals surface area (Å²) in [5.74, 6) is -1.96. The van der Waals surface area contributed by atoms with Crippen LogP contribution >= 0.6 is 0 Å². The van der Waals surface area contributed by atoms with E-state index in [4.69, 9.17) is 10.2 Å². The summed E-state index contributed by atoms with van der Waals surface area (Å²) in [5, 5.41) is 19.0. The number of aliphatic carboxylic acids is 2. The second-order valence-electron chi connectivity index (χ2n) is 7.80. The molecule has 174 valence electrons. The van der Waals surface area contributed by atoms with Gasteiger partial charge in [-0.2, -0.15) is 13.2 Å². The Morgan fingerprint density at radius 2 is 1.68 bits per heavy atom. The minimum absolute atomic E-state index is 0.372.